The molecular formula is C24H27FN8. The van der Waals surface area contributed by atoms with Crippen LogP contribution < -0.4 is 15.5 Å². The van der Waals surface area contributed by atoms with Gasteiger partial charge in [-0.2, -0.15) is 9.37 Å². The summed E-state index contributed by atoms with van der Waals surface area (Å²) in [5, 5.41) is 8.29. The highest BCUT2D eigenvalue weighted by atomic mass is 19.1. The lowest BCUT2D eigenvalue weighted by Gasteiger charge is -2.35. The monoisotopic (exact) mass is 446 g/mol. The van der Waals surface area contributed by atoms with E-state index in [0.29, 0.717) is 23.3 Å². The molecule has 0 spiro atoms. The average Bonchev–Trinajstić information content (AvgIpc) is 3.47. The van der Waals surface area contributed by atoms with Crippen LogP contribution in [-0.4, -0.2) is 50.2 Å². The highest BCUT2D eigenvalue weighted by Crippen LogP contribution is 2.38. The van der Waals surface area contributed by atoms with E-state index in [4.69, 9.17) is 4.98 Å². The van der Waals surface area contributed by atoms with E-state index < -0.39 is 5.95 Å². The van der Waals surface area contributed by atoms with E-state index in [1.807, 2.05) is 22.9 Å². The van der Waals surface area contributed by atoms with Crippen LogP contribution in [0.25, 0.3) is 21.9 Å². The second kappa shape index (κ2) is 8.22. The molecule has 2 N–H and O–H groups in total. The Bertz CT molecular complexity index is 1300. The van der Waals surface area contributed by atoms with Crippen LogP contribution in [0.4, 0.5) is 21.8 Å². The molecule has 1 atom stereocenters. The molecule has 2 fully saturated rings. The minimum Gasteiger partial charge on any atom is -0.365 e. The molecule has 4 aromatic heterocycles. The zero-order chi connectivity index (χ0) is 22.4. The number of halogens is 1. The molecule has 1 saturated carbocycles. The molecule has 1 aliphatic heterocycles. The first-order chi connectivity index (χ1) is 16.2. The lowest BCUT2D eigenvalue weighted by atomic mass is 10.2. The predicted octanol–water partition coefficient (Wildman–Crippen LogP) is 4.17. The van der Waals surface area contributed by atoms with Crippen molar-refractivity contribution in [3.05, 3.63) is 42.7 Å². The molecule has 0 amide bonds. The number of hydrogen-bond donors (Lipinski definition) is 2. The SMILES string of the molecule is C[C@H]1CNCCN1c1ccc(Nc2ncc3c4ccnc(F)c4n(C4CCCC4)c3n2)nc1. The summed E-state index contributed by atoms with van der Waals surface area (Å²) in [6.45, 7) is 5.12. The van der Waals surface area contributed by atoms with E-state index in [1.165, 1.54) is 6.20 Å². The van der Waals surface area contributed by atoms with Crippen molar-refractivity contribution >= 4 is 39.4 Å². The van der Waals surface area contributed by atoms with Crippen LogP contribution in [0.2, 0.25) is 0 Å². The summed E-state index contributed by atoms with van der Waals surface area (Å²) < 4.78 is 16.8. The number of nitrogens with zero attached hydrogens (tertiary/aromatic N) is 6. The van der Waals surface area contributed by atoms with Crippen LogP contribution in [0.1, 0.15) is 38.6 Å². The number of aromatic nitrogens is 5. The quantitative estimate of drug-likeness (QED) is 0.455. The second-order valence-electron chi connectivity index (χ2n) is 9.01. The van der Waals surface area contributed by atoms with Crippen molar-refractivity contribution in [3.63, 3.8) is 0 Å². The summed E-state index contributed by atoms with van der Waals surface area (Å²) in [5.74, 6) is 0.678. The Morgan fingerprint density at radius 2 is 1.94 bits per heavy atom. The van der Waals surface area contributed by atoms with Gasteiger partial charge in [0.15, 0.2) is 0 Å². The van der Waals surface area contributed by atoms with Crippen LogP contribution in [0.3, 0.4) is 0 Å². The number of nitrogens with one attached hydrogen (secondary N) is 2. The fourth-order valence-electron chi connectivity index (χ4n) is 5.27. The highest BCUT2D eigenvalue weighted by Gasteiger charge is 2.25. The van der Waals surface area contributed by atoms with Gasteiger partial charge >= 0.3 is 0 Å². The number of pyridine rings is 2. The molecule has 9 heteroatoms. The van der Waals surface area contributed by atoms with Gasteiger partial charge in [-0.15, -0.1) is 0 Å². The van der Waals surface area contributed by atoms with Crippen molar-refractivity contribution in [2.24, 2.45) is 0 Å². The smallest absolute Gasteiger partial charge is 0.237 e. The van der Waals surface area contributed by atoms with Crippen LogP contribution in [0.5, 0.6) is 0 Å². The maximum Gasteiger partial charge on any atom is 0.237 e. The Morgan fingerprint density at radius 1 is 1.06 bits per heavy atom. The second-order valence-corrected chi connectivity index (χ2v) is 9.01. The maximum absolute atomic E-state index is 14.8. The van der Waals surface area contributed by atoms with Gasteiger partial charge in [0.05, 0.1) is 11.9 Å². The standard InChI is InChI=1S/C24H27FN8/c1-15-12-26-10-11-32(15)17-6-7-20(28-13-17)30-24-29-14-19-18-8-9-27-22(25)21(18)33(23(19)31-24)16-4-2-3-5-16/h6-9,13-16,26H,2-5,10-12H2,1H3,(H,28,29,30,31)/t15-/m0/s1. The molecule has 6 rings (SSSR count). The highest BCUT2D eigenvalue weighted by molar-refractivity contribution is 6.06. The molecule has 0 aromatic carbocycles. The Labute approximate surface area is 191 Å². The van der Waals surface area contributed by atoms with Crippen molar-refractivity contribution in [2.75, 3.05) is 29.9 Å². The van der Waals surface area contributed by atoms with E-state index in [9.17, 15) is 4.39 Å². The van der Waals surface area contributed by atoms with Gasteiger partial charge in [-0.3, -0.25) is 0 Å². The number of piperazine rings is 1. The zero-order valence-electron chi connectivity index (χ0n) is 18.6. The van der Waals surface area contributed by atoms with Gasteiger partial charge < -0.3 is 20.1 Å². The number of rotatable bonds is 4. The third-order valence-electron chi connectivity index (χ3n) is 6.92. The van der Waals surface area contributed by atoms with Gasteiger partial charge in [-0.25, -0.2) is 15.0 Å². The molecule has 8 nitrogen and oxygen atoms in total. The van der Waals surface area contributed by atoms with Crippen LogP contribution in [-0.2, 0) is 0 Å². The Balaban J connectivity index is 1.35. The lowest BCUT2D eigenvalue weighted by Crippen LogP contribution is -2.49. The maximum atomic E-state index is 14.8. The molecule has 5 heterocycles. The minimum absolute atomic E-state index is 0.227. The number of anilines is 3. The molecule has 2 aliphatic rings. The zero-order valence-corrected chi connectivity index (χ0v) is 18.6. The van der Waals surface area contributed by atoms with Gasteiger partial charge in [0, 0.05) is 54.9 Å². The molecule has 1 aliphatic carbocycles. The van der Waals surface area contributed by atoms with Crippen molar-refractivity contribution in [1.82, 2.24) is 29.8 Å². The topological polar surface area (TPSA) is 83.8 Å². The van der Waals surface area contributed by atoms with Gasteiger partial charge in [0.25, 0.3) is 0 Å². The van der Waals surface area contributed by atoms with Crippen molar-refractivity contribution in [1.29, 1.82) is 0 Å². The molecule has 170 valence electrons. The summed E-state index contributed by atoms with van der Waals surface area (Å²) in [5.41, 5.74) is 2.38. The Morgan fingerprint density at radius 3 is 2.73 bits per heavy atom. The Hall–Kier alpha value is -3.33. The van der Waals surface area contributed by atoms with E-state index >= 15 is 0 Å². The van der Waals surface area contributed by atoms with Gasteiger partial charge in [0.2, 0.25) is 11.9 Å². The molecular weight excluding hydrogens is 419 g/mol. The minimum atomic E-state index is -0.452. The van der Waals surface area contributed by atoms with Crippen LogP contribution in [0, 0.1) is 5.95 Å². The van der Waals surface area contributed by atoms with Gasteiger partial charge in [0.1, 0.15) is 17.0 Å². The summed E-state index contributed by atoms with van der Waals surface area (Å²) in [6.07, 6.45) is 9.50. The summed E-state index contributed by atoms with van der Waals surface area (Å²) >= 11 is 0. The summed E-state index contributed by atoms with van der Waals surface area (Å²) in [4.78, 5) is 20.2. The lowest BCUT2D eigenvalue weighted by molar-refractivity contribution is 0.500. The summed E-state index contributed by atoms with van der Waals surface area (Å²) in [6, 6.07) is 6.53. The van der Waals surface area contributed by atoms with Gasteiger partial charge in [-0.05, 0) is 38.0 Å². The van der Waals surface area contributed by atoms with Crippen molar-refractivity contribution in [2.45, 2.75) is 44.7 Å². The van der Waals surface area contributed by atoms with Crippen LogP contribution in [0.15, 0.2) is 36.8 Å². The largest absolute Gasteiger partial charge is 0.365 e. The molecule has 0 radical (unpaired) electrons. The van der Waals surface area contributed by atoms with Gasteiger partial charge in [-0.1, -0.05) is 12.8 Å². The first-order valence-corrected chi connectivity index (χ1v) is 11.7. The summed E-state index contributed by atoms with van der Waals surface area (Å²) in [7, 11) is 0. The normalized spacial score (nSPS) is 19.6. The van der Waals surface area contributed by atoms with E-state index in [2.05, 4.69) is 43.5 Å². The molecule has 0 unspecified atom stereocenters. The van der Waals surface area contributed by atoms with Crippen molar-refractivity contribution < 1.29 is 4.39 Å². The fourth-order valence-corrected chi connectivity index (χ4v) is 5.27. The molecule has 33 heavy (non-hydrogen) atoms. The number of hydrogen-bond acceptors (Lipinski definition) is 7. The Kier molecular flexibility index (Phi) is 5.05. The van der Waals surface area contributed by atoms with Crippen LogP contribution >= 0.6 is 0 Å². The van der Waals surface area contributed by atoms with E-state index in [1.54, 1.807) is 6.20 Å². The van der Waals surface area contributed by atoms with E-state index in [-0.39, 0.29) is 6.04 Å². The van der Waals surface area contributed by atoms with E-state index in [0.717, 1.165) is 67.4 Å². The molecule has 1 saturated heterocycles. The van der Waals surface area contributed by atoms with Crippen molar-refractivity contribution in [3.8, 4) is 0 Å². The third-order valence-corrected chi connectivity index (χ3v) is 6.92. The predicted molar refractivity (Wildman–Crippen MR) is 127 cm³/mol. The third kappa shape index (κ3) is 3.56. The fraction of sp³-hybridized carbons (Fsp3) is 0.417. The molecule has 4 aromatic rings. The average molecular weight is 447 g/mol. The first-order valence-electron chi connectivity index (χ1n) is 11.7. The first kappa shape index (κ1) is 20.3. The molecule has 0 bridgehead atoms. The number of fused-ring (bicyclic) bond motifs is 3.